The first-order valence-corrected chi connectivity index (χ1v) is 8.56. The summed E-state index contributed by atoms with van der Waals surface area (Å²) < 4.78 is 16.5. The van der Waals surface area contributed by atoms with Gasteiger partial charge >= 0.3 is 0 Å². The van der Waals surface area contributed by atoms with Gasteiger partial charge in [0.2, 0.25) is 0 Å². The van der Waals surface area contributed by atoms with E-state index in [1.807, 2.05) is 36.4 Å². The average Bonchev–Trinajstić information content (AvgIpc) is 3.15. The van der Waals surface area contributed by atoms with Crippen LogP contribution in [0.5, 0.6) is 17.2 Å². The standard InChI is InChI=1S/C20H23NO4/c1-23-18-7-4-8-19(13-18)24-14-20(22)21-15-9-11-17(12-10-15)25-16-5-2-3-6-16/h4,7-13,16H,2-3,5-6,14H2,1H3,(H,21,22). The molecule has 0 bridgehead atoms. The maximum absolute atomic E-state index is 12.0. The molecule has 0 aliphatic heterocycles. The summed E-state index contributed by atoms with van der Waals surface area (Å²) in [7, 11) is 1.59. The molecule has 0 heterocycles. The van der Waals surface area contributed by atoms with Crippen molar-refractivity contribution in [3.63, 3.8) is 0 Å². The zero-order valence-electron chi connectivity index (χ0n) is 14.4. The Balaban J connectivity index is 1.47. The fourth-order valence-corrected chi connectivity index (χ4v) is 2.85. The quantitative estimate of drug-likeness (QED) is 0.826. The average molecular weight is 341 g/mol. The molecular formula is C20H23NO4. The molecule has 3 rings (SSSR count). The third-order valence-electron chi connectivity index (χ3n) is 4.15. The van der Waals surface area contributed by atoms with Gasteiger partial charge < -0.3 is 19.5 Å². The lowest BCUT2D eigenvalue weighted by Gasteiger charge is -2.13. The van der Waals surface area contributed by atoms with E-state index in [2.05, 4.69) is 5.32 Å². The minimum Gasteiger partial charge on any atom is -0.497 e. The Morgan fingerprint density at radius 1 is 1.04 bits per heavy atom. The molecule has 1 aliphatic carbocycles. The molecule has 0 aromatic heterocycles. The molecule has 0 radical (unpaired) electrons. The fraction of sp³-hybridized carbons (Fsp3) is 0.350. The molecule has 1 saturated carbocycles. The van der Waals surface area contributed by atoms with Gasteiger partial charge in [0.15, 0.2) is 6.61 Å². The van der Waals surface area contributed by atoms with Gasteiger partial charge in [0.1, 0.15) is 17.2 Å². The van der Waals surface area contributed by atoms with Gasteiger partial charge in [0.05, 0.1) is 13.2 Å². The van der Waals surface area contributed by atoms with Crippen LogP contribution < -0.4 is 19.5 Å². The Hall–Kier alpha value is -2.69. The minimum atomic E-state index is -0.215. The Labute approximate surface area is 147 Å². The van der Waals surface area contributed by atoms with Crippen LogP contribution in [0, 0.1) is 0 Å². The summed E-state index contributed by atoms with van der Waals surface area (Å²) in [5.74, 6) is 1.91. The molecular weight excluding hydrogens is 318 g/mol. The van der Waals surface area contributed by atoms with Gasteiger partial charge in [-0.05, 0) is 62.1 Å². The number of benzene rings is 2. The molecule has 1 N–H and O–H groups in total. The van der Waals surface area contributed by atoms with Crippen LogP contribution in [0.4, 0.5) is 5.69 Å². The first-order valence-electron chi connectivity index (χ1n) is 8.56. The van der Waals surface area contributed by atoms with E-state index in [0.29, 0.717) is 17.6 Å². The number of amides is 1. The van der Waals surface area contributed by atoms with Crippen LogP contribution in [-0.2, 0) is 4.79 Å². The molecule has 0 atom stereocenters. The Bertz CT molecular complexity index is 693. The molecule has 2 aromatic carbocycles. The third kappa shape index (κ3) is 5.14. The van der Waals surface area contributed by atoms with Gasteiger partial charge in [-0.15, -0.1) is 0 Å². The van der Waals surface area contributed by atoms with E-state index < -0.39 is 0 Å². The number of rotatable bonds is 7. The van der Waals surface area contributed by atoms with Crippen molar-refractivity contribution in [1.29, 1.82) is 0 Å². The molecule has 5 heteroatoms. The van der Waals surface area contributed by atoms with Gasteiger partial charge in [0, 0.05) is 11.8 Å². The summed E-state index contributed by atoms with van der Waals surface area (Å²) in [4.78, 5) is 12.0. The first-order chi connectivity index (χ1) is 12.2. The predicted molar refractivity (Wildman–Crippen MR) is 96.4 cm³/mol. The van der Waals surface area contributed by atoms with Crippen molar-refractivity contribution in [3.05, 3.63) is 48.5 Å². The van der Waals surface area contributed by atoms with Crippen LogP contribution in [0.1, 0.15) is 25.7 Å². The van der Waals surface area contributed by atoms with E-state index in [0.717, 1.165) is 24.3 Å². The molecule has 0 unspecified atom stereocenters. The molecule has 132 valence electrons. The largest absolute Gasteiger partial charge is 0.497 e. The van der Waals surface area contributed by atoms with Gasteiger partial charge in [0.25, 0.3) is 5.91 Å². The minimum absolute atomic E-state index is 0.0620. The lowest BCUT2D eigenvalue weighted by molar-refractivity contribution is -0.118. The number of carbonyl (C=O) groups excluding carboxylic acids is 1. The molecule has 1 fully saturated rings. The first kappa shape index (κ1) is 17.1. The summed E-state index contributed by atoms with van der Waals surface area (Å²) in [6.07, 6.45) is 5.06. The maximum Gasteiger partial charge on any atom is 0.262 e. The maximum atomic E-state index is 12.0. The summed E-state index contributed by atoms with van der Waals surface area (Å²) in [6, 6.07) is 14.6. The molecule has 2 aromatic rings. The highest BCUT2D eigenvalue weighted by Gasteiger charge is 2.16. The Morgan fingerprint density at radius 3 is 2.48 bits per heavy atom. The summed E-state index contributed by atoms with van der Waals surface area (Å²) in [5, 5.41) is 2.81. The highest BCUT2D eigenvalue weighted by atomic mass is 16.5. The third-order valence-corrected chi connectivity index (χ3v) is 4.15. The lowest BCUT2D eigenvalue weighted by atomic mass is 10.2. The molecule has 0 spiro atoms. The molecule has 5 nitrogen and oxygen atoms in total. The van der Waals surface area contributed by atoms with Gasteiger partial charge in [-0.3, -0.25) is 4.79 Å². The molecule has 25 heavy (non-hydrogen) atoms. The number of anilines is 1. The van der Waals surface area contributed by atoms with Crippen molar-refractivity contribution in [2.24, 2.45) is 0 Å². The van der Waals surface area contributed by atoms with E-state index in [1.165, 1.54) is 12.8 Å². The summed E-state index contributed by atoms with van der Waals surface area (Å²) in [6.45, 7) is -0.0620. The lowest BCUT2D eigenvalue weighted by Crippen LogP contribution is -2.20. The SMILES string of the molecule is COc1cccc(OCC(=O)Nc2ccc(OC3CCCC3)cc2)c1. The zero-order chi connectivity index (χ0) is 17.5. The van der Waals surface area contributed by atoms with E-state index in [-0.39, 0.29) is 12.5 Å². The van der Waals surface area contributed by atoms with Crippen LogP contribution in [0.25, 0.3) is 0 Å². The van der Waals surface area contributed by atoms with E-state index in [4.69, 9.17) is 14.2 Å². The molecule has 1 amide bonds. The number of hydrogen-bond acceptors (Lipinski definition) is 4. The second-order valence-electron chi connectivity index (χ2n) is 6.06. The molecule has 0 saturated heterocycles. The summed E-state index contributed by atoms with van der Waals surface area (Å²) >= 11 is 0. The van der Waals surface area contributed by atoms with Gasteiger partial charge in [-0.1, -0.05) is 6.07 Å². The van der Waals surface area contributed by atoms with Crippen molar-refractivity contribution in [2.45, 2.75) is 31.8 Å². The normalized spacial score (nSPS) is 14.1. The van der Waals surface area contributed by atoms with Crippen molar-refractivity contribution < 1.29 is 19.0 Å². The Morgan fingerprint density at radius 2 is 1.76 bits per heavy atom. The van der Waals surface area contributed by atoms with Gasteiger partial charge in [-0.2, -0.15) is 0 Å². The fourth-order valence-electron chi connectivity index (χ4n) is 2.85. The van der Waals surface area contributed by atoms with Crippen LogP contribution >= 0.6 is 0 Å². The molecule has 1 aliphatic rings. The van der Waals surface area contributed by atoms with Crippen LogP contribution in [0.15, 0.2) is 48.5 Å². The number of nitrogens with one attached hydrogen (secondary N) is 1. The van der Waals surface area contributed by atoms with Crippen molar-refractivity contribution >= 4 is 11.6 Å². The topological polar surface area (TPSA) is 56.8 Å². The second-order valence-corrected chi connectivity index (χ2v) is 6.06. The Kier molecular flexibility index (Phi) is 5.77. The van der Waals surface area contributed by atoms with Crippen LogP contribution in [0.3, 0.4) is 0 Å². The van der Waals surface area contributed by atoms with E-state index in [1.54, 1.807) is 19.2 Å². The number of ether oxygens (including phenoxy) is 3. The van der Waals surface area contributed by atoms with Gasteiger partial charge in [-0.25, -0.2) is 0 Å². The number of hydrogen-bond donors (Lipinski definition) is 1. The van der Waals surface area contributed by atoms with Crippen molar-refractivity contribution in [3.8, 4) is 17.2 Å². The number of methoxy groups -OCH3 is 1. The monoisotopic (exact) mass is 341 g/mol. The van der Waals surface area contributed by atoms with E-state index >= 15 is 0 Å². The smallest absolute Gasteiger partial charge is 0.262 e. The predicted octanol–water partition coefficient (Wildman–Crippen LogP) is 4.03. The van der Waals surface area contributed by atoms with Crippen molar-refractivity contribution in [1.82, 2.24) is 0 Å². The zero-order valence-corrected chi connectivity index (χ0v) is 14.4. The van der Waals surface area contributed by atoms with Crippen molar-refractivity contribution in [2.75, 3.05) is 19.0 Å². The summed E-state index contributed by atoms with van der Waals surface area (Å²) in [5.41, 5.74) is 0.720. The second kappa shape index (κ2) is 8.42. The van der Waals surface area contributed by atoms with E-state index in [9.17, 15) is 4.79 Å². The van der Waals surface area contributed by atoms with Crippen LogP contribution in [-0.4, -0.2) is 25.7 Å². The van der Waals surface area contributed by atoms with Crippen LogP contribution in [0.2, 0.25) is 0 Å². The highest BCUT2D eigenvalue weighted by molar-refractivity contribution is 5.91. The highest BCUT2D eigenvalue weighted by Crippen LogP contribution is 2.25. The number of carbonyl (C=O) groups is 1.